The first-order valence-corrected chi connectivity index (χ1v) is 14.7. The number of halogens is 3. The number of benzene rings is 1. The highest BCUT2D eigenvalue weighted by molar-refractivity contribution is 7.90. The Labute approximate surface area is 230 Å². The summed E-state index contributed by atoms with van der Waals surface area (Å²) in [5.41, 5.74) is 2.66. The van der Waals surface area contributed by atoms with Crippen molar-refractivity contribution in [3.05, 3.63) is 63.8 Å². The summed E-state index contributed by atoms with van der Waals surface area (Å²) in [6.07, 6.45) is 3.88. The Hall–Kier alpha value is -2.95. The van der Waals surface area contributed by atoms with Gasteiger partial charge in [-0.25, -0.2) is 17.8 Å². The second kappa shape index (κ2) is 9.66. The van der Waals surface area contributed by atoms with E-state index < -0.39 is 27.2 Å². The molecule has 1 fully saturated rings. The molecule has 4 heterocycles. The molecule has 0 unspecified atom stereocenters. The van der Waals surface area contributed by atoms with E-state index in [-0.39, 0.29) is 11.6 Å². The summed E-state index contributed by atoms with van der Waals surface area (Å²) in [6.45, 7) is 6.36. The smallest absolute Gasteiger partial charge is 0.166 e. The number of rotatable bonds is 7. The molecule has 0 radical (unpaired) electrons. The van der Waals surface area contributed by atoms with E-state index in [1.165, 1.54) is 12.3 Å². The highest BCUT2D eigenvalue weighted by Gasteiger charge is 2.42. The molecule has 0 saturated carbocycles. The normalized spacial score (nSPS) is 15.9. The summed E-state index contributed by atoms with van der Waals surface area (Å²) in [5, 5.41) is 8.94. The van der Waals surface area contributed by atoms with E-state index in [1.54, 1.807) is 30.3 Å². The third kappa shape index (κ3) is 5.17. The summed E-state index contributed by atoms with van der Waals surface area (Å²) in [7, 11) is -3.13. The maximum absolute atomic E-state index is 15.1. The van der Waals surface area contributed by atoms with Gasteiger partial charge < -0.3 is 9.64 Å². The van der Waals surface area contributed by atoms with Crippen molar-refractivity contribution >= 4 is 49.8 Å². The number of sulfone groups is 1. The number of ether oxygens (including phenoxy) is 1. The molecular weight excluding hydrogens is 552 g/mol. The molecule has 0 aliphatic carbocycles. The van der Waals surface area contributed by atoms with Crippen LogP contribution in [-0.2, 0) is 9.84 Å². The van der Waals surface area contributed by atoms with Crippen LogP contribution in [0.1, 0.15) is 31.2 Å². The zero-order chi connectivity index (χ0) is 27.4. The Morgan fingerprint density at radius 3 is 2.63 bits per heavy atom. The fraction of sp³-hybridized carbons (Fsp3) is 0.346. The zero-order valence-electron chi connectivity index (χ0n) is 21.2. The Morgan fingerprint density at radius 2 is 1.95 bits per heavy atom. The van der Waals surface area contributed by atoms with Gasteiger partial charge in [-0.1, -0.05) is 30.1 Å². The number of pyridine rings is 2. The first-order valence-electron chi connectivity index (χ1n) is 11.9. The summed E-state index contributed by atoms with van der Waals surface area (Å²) >= 11 is 12.8. The van der Waals surface area contributed by atoms with Crippen molar-refractivity contribution in [3.8, 4) is 17.0 Å². The second-order valence-corrected chi connectivity index (χ2v) is 13.2. The summed E-state index contributed by atoms with van der Waals surface area (Å²) in [5.74, 6) is 0.305. The highest BCUT2D eigenvalue weighted by Crippen LogP contribution is 2.38. The monoisotopic (exact) mass is 577 g/mol. The number of hydrogen-bond donors (Lipinski definition) is 1. The lowest BCUT2D eigenvalue weighted by Crippen LogP contribution is -2.58. The summed E-state index contributed by atoms with van der Waals surface area (Å²) in [4.78, 5) is 10.3. The maximum Gasteiger partial charge on any atom is 0.166 e. The van der Waals surface area contributed by atoms with Gasteiger partial charge in [0.25, 0.3) is 0 Å². The van der Waals surface area contributed by atoms with Crippen LogP contribution in [0.3, 0.4) is 0 Å². The molecule has 1 aromatic carbocycles. The van der Waals surface area contributed by atoms with E-state index >= 15 is 4.39 Å². The van der Waals surface area contributed by atoms with E-state index in [9.17, 15) is 8.42 Å². The van der Waals surface area contributed by atoms with Gasteiger partial charge in [-0.2, -0.15) is 5.10 Å². The van der Waals surface area contributed by atoms with Crippen LogP contribution >= 0.6 is 23.2 Å². The van der Waals surface area contributed by atoms with Crippen molar-refractivity contribution in [3.63, 3.8) is 0 Å². The predicted molar refractivity (Wildman–Crippen MR) is 147 cm³/mol. The van der Waals surface area contributed by atoms with Gasteiger partial charge in [0.2, 0.25) is 0 Å². The average molecular weight is 578 g/mol. The first kappa shape index (κ1) is 26.6. The van der Waals surface area contributed by atoms with Crippen LogP contribution in [0.5, 0.6) is 5.75 Å². The van der Waals surface area contributed by atoms with Gasteiger partial charge in [0.15, 0.2) is 11.6 Å². The lowest BCUT2D eigenvalue weighted by molar-refractivity contribution is 0.227. The van der Waals surface area contributed by atoms with Crippen molar-refractivity contribution in [2.45, 2.75) is 26.9 Å². The number of nitrogens with one attached hydrogen (secondary N) is 1. The molecule has 8 nitrogen and oxygen atoms in total. The fourth-order valence-corrected chi connectivity index (χ4v) is 7.14. The number of H-pyrrole nitrogens is 1. The average Bonchev–Trinajstić information content (AvgIpc) is 3.22. The highest BCUT2D eigenvalue weighted by atomic mass is 35.5. The van der Waals surface area contributed by atoms with E-state index in [1.807, 2.05) is 26.0 Å². The molecule has 5 rings (SSSR count). The van der Waals surface area contributed by atoms with Crippen LogP contribution in [0.2, 0.25) is 10.0 Å². The van der Waals surface area contributed by atoms with Gasteiger partial charge in [-0.3, -0.25) is 10.1 Å². The minimum absolute atomic E-state index is 0.0532. The standard InChI is InChI=1S/C26H26Cl2FN5O3S/c1-14-23(28)22(19(27)10-30-14)15(2)37-17-5-6-21-18(8-17)24(33-32-21)16-7-20(29)25(31-9-16)34-11-26(3,12-34)13-38(4,35)36/h5-10,15H,11-13H2,1-4H3,(H,32,33)/t15-/m1/s1. The number of aromatic nitrogens is 4. The lowest BCUT2D eigenvalue weighted by Gasteiger charge is -2.48. The molecule has 0 bridgehead atoms. The molecule has 1 aliphatic heterocycles. The SMILES string of the molecule is Cc1ncc(Cl)c([C@@H](C)Oc2ccc3[nH]nc(-c4cnc(N5CC(C)(CS(C)(=O)=O)C5)c(F)c4)c3c2)c1Cl. The minimum Gasteiger partial charge on any atom is -0.486 e. The quantitative estimate of drug-likeness (QED) is 0.297. The van der Waals surface area contributed by atoms with Crippen LogP contribution in [0.4, 0.5) is 10.2 Å². The van der Waals surface area contributed by atoms with E-state index in [4.69, 9.17) is 27.9 Å². The molecule has 1 aliphatic rings. The fourth-order valence-electron chi connectivity index (χ4n) is 5.04. The second-order valence-electron chi connectivity index (χ2n) is 10.2. The lowest BCUT2D eigenvalue weighted by atomic mass is 9.84. The van der Waals surface area contributed by atoms with Crippen molar-refractivity contribution < 1.29 is 17.5 Å². The number of fused-ring (bicyclic) bond motifs is 1. The molecule has 12 heteroatoms. The van der Waals surface area contributed by atoms with Gasteiger partial charge in [0, 0.05) is 53.7 Å². The molecule has 1 N–H and O–H groups in total. The Bertz CT molecular complexity index is 1650. The molecule has 38 heavy (non-hydrogen) atoms. The third-order valence-electron chi connectivity index (χ3n) is 6.59. The number of nitrogens with zero attached hydrogens (tertiary/aromatic N) is 4. The number of hydrogen-bond acceptors (Lipinski definition) is 7. The van der Waals surface area contributed by atoms with Crippen molar-refractivity contribution in [1.29, 1.82) is 0 Å². The summed E-state index contributed by atoms with van der Waals surface area (Å²) in [6, 6.07) is 6.84. The number of aryl methyl sites for hydroxylation is 1. The van der Waals surface area contributed by atoms with Crippen molar-refractivity contribution in [2.75, 3.05) is 30.0 Å². The van der Waals surface area contributed by atoms with Gasteiger partial charge in [-0.15, -0.1) is 0 Å². The van der Waals surface area contributed by atoms with Crippen LogP contribution < -0.4 is 9.64 Å². The van der Waals surface area contributed by atoms with Crippen molar-refractivity contribution in [2.24, 2.45) is 5.41 Å². The molecule has 1 saturated heterocycles. The van der Waals surface area contributed by atoms with E-state index in [0.29, 0.717) is 51.4 Å². The molecule has 0 spiro atoms. The van der Waals surface area contributed by atoms with Gasteiger partial charge in [-0.05, 0) is 38.1 Å². The zero-order valence-corrected chi connectivity index (χ0v) is 23.5. The molecular formula is C26H26Cl2FN5O3S. The number of aromatic amines is 1. The van der Waals surface area contributed by atoms with E-state index in [0.717, 1.165) is 10.9 Å². The predicted octanol–water partition coefficient (Wildman–Crippen LogP) is 5.79. The van der Waals surface area contributed by atoms with Gasteiger partial charge >= 0.3 is 0 Å². The Morgan fingerprint density at radius 1 is 1.21 bits per heavy atom. The largest absolute Gasteiger partial charge is 0.486 e. The van der Waals surface area contributed by atoms with Crippen molar-refractivity contribution in [1.82, 2.24) is 20.2 Å². The maximum atomic E-state index is 15.1. The van der Waals surface area contributed by atoms with Crippen LogP contribution in [0.15, 0.2) is 36.7 Å². The minimum atomic E-state index is -3.13. The van der Waals surface area contributed by atoms with Crippen LogP contribution in [0.25, 0.3) is 22.2 Å². The molecule has 0 amide bonds. The Kier molecular flexibility index (Phi) is 6.77. The number of anilines is 1. The Balaban J connectivity index is 1.39. The molecule has 1 atom stereocenters. The summed E-state index contributed by atoms with van der Waals surface area (Å²) < 4.78 is 44.7. The third-order valence-corrected chi connectivity index (χ3v) is 8.59. The van der Waals surface area contributed by atoms with Gasteiger partial charge in [0.1, 0.15) is 27.4 Å². The van der Waals surface area contributed by atoms with Crippen LogP contribution in [0, 0.1) is 18.2 Å². The van der Waals surface area contributed by atoms with Crippen LogP contribution in [-0.4, -0.2) is 53.7 Å². The molecule has 4 aromatic rings. The van der Waals surface area contributed by atoms with E-state index in [2.05, 4.69) is 20.2 Å². The van der Waals surface area contributed by atoms with Gasteiger partial charge in [0.05, 0.1) is 27.0 Å². The molecule has 3 aromatic heterocycles. The first-order chi connectivity index (χ1) is 17.8. The molecule has 200 valence electrons. The topological polar surface area (TPSA) is 101 Å².